The first-order valence-electron chi connectivity index (χ1n) is 6.92. The lowest BCUT2D eigenvalue weighted by atomic mass is 9.86. The highest BCUT2D eigenvalue weighted by molar-refractivity contribution is 6.31. The van der Waals surface area contributed by atoms with Crippen LogP contribution >= 0.6 is 23.2 Å². The van der Waals surface area contributed by atoms with Crippen LogP contribution in [0.3, 0.4) is 0 Å². The Labute approximate surface area is 135 Å². The highest BCUT2D eigenvalue weighted by Gasteiger charge is 2.23. The molecule has 1 unspecified atom stereocenters. The zero-order chi connectivity index (χ0) is 15.9. The van der Waals surface area contributed by atoms with Gasteiger partial charge in [0.15, 0.2) is 0 Å². The monoisotopic (exact) mass is 324 g/mol. The lowest BCUT2D eigenvalue weighted by Gasteiger charge is -2.22. The van der Waals surface area contributed by atoms with E-state index in [0.717, 1.165) is 16.7 Å². The van der Waals surface area contributed by atoms with Crippen LogP contribution in [0.2, 0.25) is 5.02 Å². The van der Waals surface area contributed by atoms with Crippen LogP contribution in [0.15, 0.2) is 18.2 Å². The Bertz CT molecular complexity index is 676. The molecule has 2 aromatic rings. The molecule has 0 heterocycles. The van der Waals surface area contributed by atoms with Crippen LogP contribution in [0.5, 0.6) is 0 Å². The van der Waals surface area contributed by atoms with E-state index in [9.17, 15) is 4.39 Å². The summed E-state index contributed by atoms with van der Waals surface area (Å²) in [6, 6.07) is 4.96. The quantitative estimate of drug-likeness (QED) is 0.564. The smallest absolute Gasteiger partial charge is 0.146 e. The molecule has 0 nitrogen and oxygen atoms in total. The van der Waals surface area contributed by atoms with Crippen LogP contribution in [0.4, 0.5) is 4.39 Å². The van der Waals surface area contributed by atoms with Crippen molar-refractivity contribution in [3.8, 4) is 0 Å². The predicted octanol–water partition coefficient (Wildman–Crippen LogP) is 6.35. The van der Waals surface area contributed by atoms with Crippen molar-refractivity contribution >= 4 is 23.2 Å². The van der Waals surface area contributed by atoms with E-state index in [1.54, 1.807) is 12.1 Å². The maximum Gasteiger partial charge on any atom is 0.146 e. The van der Waals surface area contributed by atoms with Crippen LogP contribution in [0.1, 0.15) is 44.3 Å². The second kappa shape index (κ2) is 5.98. The molecule has 0 N–H and O–H groups in total. The summed E-state index contributed by atoms with van der Waals surface area (Å²) in [5, 5.41) is -0.435. The Morgan fingerprint density at radius 2 is 1.33 bits per heavy atom. The van der Waals surface area contributed by atoms with Crippen LogP contribution in [0, 0.1) is 40.4 Å². The fraction of sp³-hybridized carbons (Fsp3) is 0.333. The Morgan fingerprint density at radius 3 is 1.86 bits per heavy atom. The largest absolute Gasteiger partial charge is 0.205 e. The van der Waals surface area contributed by atoms with Crippen molar-refractivity contribution in [2.45, 2.75) is 40.0 Å². The first-order chi connectivity index (χ1) is 9.77. The summed E-state index contributed by atoms with van der Waals surface area (Å²) >= 11 is 12.5. The fourth-order valence-electron chi connectivity index (χ4n) is 2.78. The zero-order valence-electron chi connectivity index (χ0n) is 12.9. The molecule has 2 rings (SSSR count). The van der Waals surface area contributed by atoms with E-state index in [0.29, 0.717) is 5.56 Å². The van der Waals surface area contributed by atoms with E-state index in [4.69, 9.17) is 23.2 Å². The third-order valence-corrected chi connectivity index (χ3v) is 5.31. The van der Waals surface area contributed by atoms with Crippen molar-refractivity contribution in [2.24, 2.45) is 0 Å². The van der Waals surface area contributed by atoms with Crippen LogP contribution in [0.25, 0.3) is 0 Å². The normalized spacial score (nSPS) is 12.6. The molecule has 0 spiro atoms. The van der Waals surface area contributed by atoms with Crippen molar-refractivity contribution in [2.75, 3.05) is 0 Å². The minimum absolute atomic E-state index is 0.106. The van der Waals surface area contributed by atoms with Crippen LogP contribution < -0.4 is 0 Å². The Hall–Kier alpha value is -1.05. The minimum Gasteiger partial charge on any atom is -0.205 e. The lowest BCUT2D eigenvalue weighted by Crippen LogP contribution is -2.07. The van der Waals surface area contributed by atoms with Gasteiger partial charge in [0, 0.05) is 5.56 Å². The van der Waals surface area contributed by atoms with Gasteiger partial charge in [-0.05, 0) is 74.1 Å². The van der Waals surface area contributed by atoms with Gasteiger partial charge in [-0.1, -0.05) is 23.7 Å². The number of hydrogen-bond acceptors (Lipinski definition) is 0. The molecule has 0 aliphatic heterocycles. The zero-order valence-corrected chi connectivity index (χ0v) is 14.5. The molecule has 21 heavy (non-hydrogen) atoms. The van der Waals surface area contributed by atoms with E-state index in [2.05, 4.69) is 20.8 Å². The van der Waals surface area contributed by atoms with E-state index in [-0.39, 0.29) is 5.02 Å². The highest BCUT2D eigenvalue weighted by atomic mass is 35.5. The molecule has 0 saturated heterocycles. The third-order valence-electron chi connectivity index (χ3n) is 4.57. The molecule has 0 fully saturated rings. The topological polar surface area (TPSA) is 0 Å². The van der Waals surface area contributed by atoms with Gasteiger partial charge in [-0.25, -0.2) is 4.39 Å². The standard InChI is InChI=1S/C18H19Cl2F/c1-9-10(2)12(4)16(13(5)11(9)3)17(20)14-7-6-8-15(19)18(14)21/h6-8,17H,1-5H3. The second-order valence-electron chi connectivity index (χ2n) is 5.54. The minimum atomic E-state index is -0.540. The molecular weight excluding hydrogens is 306 g/mol. The first-order valence-corrected chi connectivity index (χ1v) is 7.73. The number of rotatable bonds is 2. The average molecular weight is 325 g/mol. The molecule has 1 atom stereocenters. The molecule has 2 aromatic carbocycles. The Morgan fingerprint density at radius 1 is 0.857 bits per heavy atom. The Balaban J connectivity index is 2.70. The van der Waals surface area contributed by atoms with Crippen molar-refractivity contribution < 1.29 is 4.39 Å². The number of halogens is 3. The van der Waals surface area contributed by atoms with Gasteiger partial charge in [-0.15, -0.1) is 11.6 Å². The second-order valence-corrected chi connectivity index (χ2v) is 6.39. The first kappa shape index (κ1) is 16.3. The van der Waals surface area contributed by atoms with Crippen molar-refractivity contribution in [3.63, 3.8) is 0 Å². The molecule has 0 aliphatic carbocycles. The fourth-order valence-corrected chi connectivity index (χ4v) is 3.46. The summed E-state index contributed by atoms with van der Waals surface area (Å²) in [5.74, 6) is -0.436. The Kier molecular flexibility index (Phi) is 4.65. The van der Waals surface area contributed by atoms with Gasteiger partial charge in [0.05, 0.1) is 10.4 Å². The molecule has 112 valence electrons. The van der Waals surface area contributed by atoms with Gasteiger partial charge < -0.3 is 0 Å². The van der Waals surface area contributed by atoms with Gasteiger partial charge in [-0.2, -0.15) is 0 Å². The van der Waals surface area contributed by atoms with Gasteiger partial charge in [0.2, 0.25) is 0 Å². The average Bonchev–Trinajstić information content (AvgIpc) is 2.46. The van der Waals surface area contributed by atoms with Gasteiger partial charge in [0.25, 0.3) is 0 Å². The third kappa shape index (κ3) is 2.69. The van der Waals surface area contributed by atoms with Crippen molar-refractivity contribution in [1.82, 2.24) is 0 Å². The van der Waals surface area contributed by atoms with Crippen LogP contribution in [-0.4, -0.2) is 0 Å². The van der Waals surface area contributed by atoms with E-state index in [1.165, 1.54) is 22.8 Å². The molecule has 0 radical (unpaired) electrons. The molecule has 0 bridgehead atoms. The summed E-state index contributed by atoms with van der Waals surface area (Å²) in [5.41, 5.74) is 7.34. The summed E-state index contributed by atoms with van der Waals surface area (Å²) in [7, 11) is 0. The molecule has 3 heteroatoms. The van der Waals surface area contributed by atoms with Gasteiger partial charge in [-0.3, -0.25) is 0 Å². The maximum atomic E-state index is 14.3. The summed E-state index contributed by atoms with van der Waals surface area (Å²) in [4.78, 5) is 0. The molecular formula is C18H19Cl2F. The van der Waals surface area contributed by atoms with Crippen LogP contribution in [-0.2, 0) is 0 Å². The number of benzene rings is 2. The SMILES string of the molecule is Cc1c(C)c(C)c(C(Cl)c2cccc(Cl)c2F)c(C)c1C. The number of hydrogen-bond donors (Lipinski definition) is 0. The van der Waals surface area contributed by atoms with E-state index < -0.39 is 11.2 Å². The van der Waals surface area contributed by atoms with E-state index >= 15 is 0 Å². The molecule has 0 amide bonds. The lowest BCUT2D eigenvalue weighted by molar-refractivity contribution is 0.612. The highest BCUT2D eigenvalue weighted by Crippen LogP contribution is 2.39. The molecule has 0 aliphatic rings. The summed E-state index contributed by atoms with van der Waals surface area (Å²) in [6.45, 7) is 10.4. The van der Waals surface area contributed by atoms with E-state index in [1.807, 2.05) is 13.8 Å². The molecule has 0 saturated carbocycles. The van der Waals surface area contributed by atoms with Crippen molar-refractivity contribution in [1.29, 1.82) is 0 Å². The number of alkyl halides is 1. The maximum absolute atomic E-state index is 14.3. The van der Waals surface area contributed by atoms with Gasteiger partial charge in [0.1, 0.15) is 5.82 Å². The van der Waals surface area contributed by atoms with Gasteiger partial charge >= 0.3 is 0 Å². The molecule has 0 aromatic heterocycles. The summed E-state index contributed by atoms with van der Waals surface area (Å²) < 4.78 is 14.3. The van der Waals surface area contributed by atoms with Crippen molar-refractivity contribution in [3.05, 3.63) is 68.0 Å². The summed E-state index contributed by atoms with van der Waals surface area (Å²) in [6.07, 6.45) is 0. The predicted molar refractivity (Wildman–Crippen MR) is 89.2 cm³/mol.